The first-order valence-corrected chi connectivity index (χ1v) is 12.4. The third-order valence-corrected chi connectivity index (χ3v) is 8.00. The van der Waals surface area contributed by atoms with Gasteiger partial charge in [-0.1, -0.05) is 6.07 Å². The number of hydrogen-bond acceptors (Lipinski definition) is 3. The highest BCUT2D eigenvalue weighted by molar-refractivity contribution is 5.76. The number of likely N-dealkylation sites (tertiary alicyclic amines) is 2. The van der Waals surface area contributed by atoms with Crippen LogP contribution in [0.3, 0.4) is 0 Å². The molecule has 0 N–H and O–H groups in total. The van der Waals surface area contributed by atoms with Gasteiger partial charge in [-0.25, -0.2) is 4.79 Å². The highest BCUT2D eigenvalue weighted by Gasteiger charge is 2.55. The number of benzene rings is 1. The van der Waals surface area contributed by atoms with Gasteiger partial charge < -0.3 is 14.5 Å². The molecular weight excluding hydrogens is 500 g/mol. The molecule has 37 heavy (non-hydrogen) atoms. The number of carbonyl (C=O) groups excluding carboxylic acids is 1. The summed E-state index contributed by atoms with van der Waals surface area (Å²) < 4.78 is 83.8. The van der Waals surface area contributed by atoms with E-state index >= 15 is 0 Å². The minimum Gasteiger partial charge on any atom is -0.487 e. The van der Waals surface area contributed by atoms with Crippen molar-refractivity contribution in [2.24, 2.45) is 5.41 Å². The van der Waals surface area contributed by atoms with Crippen LogP contribution in [0.5, 0.6) is 5.75 Å². The van der Waals surface area contributed by atoms with Gasteiger partial charge in [0.15, 0.2) is 0 Å². The largest absolute Gasteiger partial charge is 0.487 e. The molecular formula is C26H25F6N3O2. The summed E-state index contributed by atoms with van der Waals surface area (Å²) in [5.74, 6) is 0.478. The van der Waals surface area contributed by atoms with Gasteiger partial charge in [-0.3, -0.25) is 4.98 Å². The van der Waals surface area contributed by atoms with Crippen LogP contribution in [-0.2, 0) is 12.4 Å². The van der Waals surface area contributed by atoms with E-state index in [1.54, 1.807) is 9.80 Å². The Labute approximate surface area is 209 Å². The van der Waals surface area contributed by atoms with E-state index in [0.29, 0.717) is 31.9 Å². The van der Waals surface area contributed by atoms with Gasteiger partial charge in [-0.2, -0.15) is 26.3 Å². The predicted molar refractivity (Wildman–Crippen MR) is 120 cm³/mol. The highest BCUT2D eigenvalue weighted by atomic mass is 19.4. The molecule has 2 aliphatic heterocycles. The topological polar surface area (TPSA) is 45.7 Å². The second-order valence-electron chi connectivity index (χ2n) is 10.9. The molecule has 2 aliphatic carbocycles. The minimum absolute atomic E-state index is 0.0171. The summed E-state index contributed by atoms with van der Waals surface area (Å²) in [7, 11) is 0. The maximum Gasteiger partial charge on any atom is 0.433 e. The Balaban J connectivity index is 0.966. The summed E-state index contributed by atoms with van der Waals surface area (Å²) >= 11 is 0. The predicted octanol–water partition coefficient (Wildman–Crippen LogP) is 6.06. The molecule has 2 saturated carbocycles. The zero-order valence-corrected chi connectivity index (χ0v) is 19.8. The number of pyridine rings is 1. The molecule has 4 aliphatic rings. The van der Waals surface area contributed by atoms with Crippen molar-refractivity contribution in [1.82, 2.24) is 14.8 Å². The number of amides is 2. The Morgan fingerprint density at radius 3 is 2.19 bits per heavy atom. The van der Waals surface area contributed by atoms with Crippen molar-refractivity contribution >= 4 is 6.03 Å². The minimum atomic E-state index is -4.45. The molecule has 1 spiro atoms. The molecule has 0 radical (unpaired) electrons. The van der Waals surface area contributed by atoms with E-state index in [0.717, 1.165) is 43.4 Å². The fraction of sp³-hybridized carbons (Fsp3) is 0.538. The Kier molecular flexibility index (Phi) is 5.44. The van der Waals surface area contributed by atoms with E-state index < -0.39 is 23.6 Å². The van der Waals surface area contributed by atoms with Gasteiger partial charge >= 0.3 is 18.4 Å². The SMILES string of the molecule is O=C(N1CC(Oc2ccc(C(F)(F)F)c(C3CC3)c2)C1)N1CC2(CC(c3ccc(C(F)(F)F)nc3)C2)C1. The first kappa shape index (κ1) is 24.4. The monoisotopic (exact) mass is 525 g/mol. The first-order chi connectivity index (χ1) is 17.4. The van der Waals surface area contributed by atoms with Crippen molar-refractivity contribution in [3.05, 3.63) is 58.9 Å². The van der Waals surface area contributed by atoms with E-state index in [9.17, 15) is 31.1 Å². The smallest absolute Gasteiger partial charge is 0.433 e. The Morgan fingerprint density at radius 1 is 0.919 bits per heavy atom. The van der Waals surface area contributed by atoms with Gasteiger partial charge in [0.25, 0.3) is 0 Å². The Morgan fingerprint density at radius 2 is 1.62 bits per heavy atom. The molecule has 1 aromatic heterocycles. The average Bonchev–Trinajstić information content (AvgIpc) is 3.58. The second-order valence-corrected chi connectivity index (χ2v) is 10.9. The van der Waals surface area contributed by atoms with Gasteiger partial charge in [0.1, 0.15) is 17.5 Å². The van der Waals surface area contributed by atoms with Gasteiger partial charge in [-0.05, 0) is 72.9 Å². The summed E-state index contributed by atoms with van der Waals surface area (Å²) in [4.78, 5) is 19.7. The number of rotatable bonds is 4. The van der Waals surface area contributed by atoms with Crippen molar-refractivity contribution < 1.29 is 35.9 Å². The van der Waals surface area contributed by atoms with Crippen LogP contribution >= 0.6 is 0 Å². The molecule has 4 fully saturated rings. The molecule has 198 valence electrons. The van der Waals surface area contributed by atoms with E-state index in [1.807, 2.05) is 0 Å². The zero-order chi connectivity index (χ0) is 26.2. The van der Waals surface area contributed by atoms with Crippen molar-refractivity contribution in [3.63, 3.8) is 0 Å². The second kappa shape index (κ2) is 8.26. The molecule has 0 unspecified atom stereocenters. The van der Waals surface area contributed by atoms with Gasteiger partial charge in [0, 0.05) is 24.7 Å². The number of carbonyl (C=O) groups is 1. The number of nitrogens with zero attached hydrogens (tertiary/aromatic N) is 3. The summed E-state index contributed by atoms with van der Waals surface area (Å²) in [5.41, 5.74) is -0.409. The van der Waals surface area contributed by atoms with Gasteiger partial charge in [0.05, 0.1) is 18.7 Å². The lowest BCUT2D eigenvalue weighted by Gasteiger charge is -2.60. The fourth-order valence-corrected chi connectivity index (χ4v) is 5.86. The molecule has 6 rings (SSSR count). The number of alkyl halides is 6. The van der Waals surface area contributed by atoms with Crippen LogP contribution in [0.4, 0.5) is 31.1 Å². The maximum absolute atomic E-state index is 13.3. The lowest BCUT2D eigenvalue weighted by atomic mass is 9.56. The molecule has 0 atom stereocenters. The van der Waals surface area contributed by atoms with Crippen molar-refractivity contribution in [3.8, 4) is 5.75 Å². The Bertz CT molecular complexity index is 1190. The molecule has 1 aromatic carbocycles. The average molecular weight is 525 g/mol. The number of halogens is 6. The van der Waals surface area contributed by atoms with Gasteiger partial charge in [0.2, 0.25) is 0 Å². The number of hydrogen-bond donors (Lipinski definition) is 0. The third kappa shape index (κ3) is 4.61. The van der Waals surface area contributed by atoms with Crippen LogP contribution < -0.4 is 4.74 Å². The fourth-order valence-electron chi connectivity index (χ4n) is 5.86. The Hall–Kier alpha value is -2.98. The standard InChI is InChI=1S/C26H25F6N3O2/c27-25(28,29)21-5-4-18(7-20(21)15-1-2-15)37-19-11-34(12-19)23(36)35-13-24(14-35)8-17(9-24)16-3-6-22(33-10-16)26(30,31)32/h3-7,10,15,17,19H,1-2,8-9,11-14H2. The highest BCUT2D eigenvalue weighted by Crippen LogP contribution is 2.56. The summed E-state index contributed by atoms with van der Waals surface area (Å²) in [6, 6.07) is 6.32. The van der Waals surface area contributed by atoms with E-state index in [4.69, 9.17) is 4.74 Å². The van der Waals surface area contributed by atoms with Crippen molar-refractivity contribution in [2.45, 2.75) is 56.0 Å². The van der Waals surface area contributed by atoms with Crippen molar-refractivity contribution in [2.75, 3.05) is 26.2 Å². The molecule has 2 saturated heterocycles. The van der Waals surface area contributed by atoms with E-state index in [2.05, 4.69) is 4.98 Å². The number of ether oxygens (including phenoxy) is 1. The van der Waals surface area contributed by atoms with Crippen LogP contribution in [0.2, 0.25) is 0 Å². The number of aromatic nitrogens is 1. The number of urea groups is 1. The first-order valence-electron chi connectivity index (χ1n) is 12.4. The van der Waals surface area contributed by atoms with E-state index in [-0.39, 0.29) is 34.9 Å². The maximum atomic E-state index is 13.3. The normalized spacial score (nSPS) is 21.9. The molecule has 3 heterocycles. The molecule has 11 heteroatoms. The zero-order valence-electron chi connectivity index (χ0n) is 19.8. The molecule has 5 nitrogen and oxygen atoms in total. The summed E-state index contributed by atoms with van der Waals surface area (Å²) in [6.07, 6.45) is -4.68. The lowest BCUT2D eigenvalue weighted by Crippen LogP contribution is -2.68. The van der Waals surface area contributed by atoms with Crippen molar-refractivity contribution in [1.29, 1.82) is 0 Å². The quantitative estimate of drug-likeness (QED) is 0.456. The summed E-state index contributed by atoms with van der Waals surface area (Å²) in [5, 5.41) is 0. The molecule has 0 bridgehead atoms. The molecule has 2 aromatic rings. The van der Waals surface area contributed by atoms with Crippen LogP contribution in [0.1, 0.15) is 59.9 Å². The van der Waals surface area contributed by atoms with Crippen LogP contribution in [0, 0.1) is 5.41 Å². The van der Waals surface area contributed by atoms with Crippen LogP contribution in [0.15, 0.2) is 36.5 Å². The van der Waals surface area contributed by atoms with Crippen LogP contribution in [-0.4, -0.2) is 53.1 Å². The van der Waals surface area contributed by atoms with Gasteiger partial charge in [-0.15, -0.1) is 0 Å². The van der Waals surface area contributed by atoms with Crippen LogP contribution in [0.25, 0.3) is 0 Å². The lowest BCUT2D eigenvalue weighted by molar-refractivity contribution is -0.141. The van der Waals surface area contributed by atoms with E-state index in [1.165, 1.54) is 24.4 Å². The summed E-state index contributed by atoms with van der Waals surface area (Å²) in [6.45, 7) is 1.98. The third-order valence-electron chi connectivity index (χ3n) is 8.00. The molecule has 2 amide bonds.